The average molecular weight is 352 g/mol. The molecule has 0 atom stereocenters. The second-order valence-electron chi connectivity index (χ2n) is 7.20. The zero-order valence-corrected chi connectivity index (χ0v) is 17.4. The number of rotatable bonds is 4. The molecule has 0 amide bonds. The molecule has 0 saturated heterocycles. The molecule has 27 heavy (non-hydrogen) atoms. The van der Waals surface area contributed by atoms with Crippen LogP contribution in [0.25, 0.3) is 22.3 Å². The normalized spacial score (nSPS) is 10.8. The first-order valence-corrected chi connectivity index (χ1v) is 9.29. The van der Waals surface area contributed by atoms with Crippen LogP contribution in [0.2, 0.25) is 0 Å². The Hall–Kier alpha value is -2.14. The van der Waals surface area contributed by atoms with Gasteiger partial charge < -0.3 is 0 Å². The van der Waals surface area contributed by atoms with Crippen molar-refractivity contribution in [2.75, 3.05) is 14.2 Å². The van der Waals surface area contributed by atoms with Crippen molar-refractivity contribution in [3.05, 3.63) is 64.7 Å². The molecule has 0 fully saturated rings. The van der Waals surface area contributed by atoms with Crippen LogP contribution in [0, 0.1) is 27.7 Å². The third-order valence-electron chi connectivity index (χ3n) is 5.37. The maximum absolute atomic E-state index is 5.85. The molecule has 0 N–H and O–H groups in total. The Labute approximate surface area is 171 Å². The third kappa shape index (κ3) is 3.40. The van der Waals surface area contributed by atoms with Crippen molar-refractivity contribution in [2.24, 2.45) is 0 Å². The number of hydrogen-bond acceptors (Lipinski definition) is 2. The van der Waals surface area contributed by atoms with Crippen LogP contribution in [0.4, 0.5) is 0 Å². The van der Waals surface area contributed by atoms with Gasteiger partial charge in [0.15, 0.2) is 0 Å². The quantitative estimate of drug-likeness (QED) is 0.611. The first-order valence-electron chi connectivity index (χ1n) is 9.29. The predicted molar refractivity (Wildman–Crippen MR) is 115 cm³/mol. The average Bonchev–Trinajstić information content (AvgIpc) is 2.61. The van der Waals surface area contributed by atoms with E-state index in [4.69, 9.17) is 9.47 Å². The van der Waals surface area contributed by atoms with E-state index < -0.39 is 0 Å². The van der Waals surface area contributed by atoms with Crippen LogP contribution in [-0.4, -0.2) is 31.9 Å². The molecule has 0 radical (unpaired) electrons. The second kappa shape index (κ2) is 7.85. The summed E-state index contributed by atoms with van der Waals surface area (Å²) in [4.78, 5) is 0. The molecule has 3 rings (SSSR count). The molecule has 0 aliphatic heterocycles. The molecule has 0 aromatic heterocycles. The summed E-state index contributed by atoms with van der Waals surface area (Å²) in [5.41, 5.74) is 9.65. The van der Waals surface area contributed by atoms with Crippen molar-refractivity contribution in [1.82, 2.24) is 0 Å². The van der Waals surface area contributed by atoms with E-state index in [-0.39, 0.29) is 0 Å². The Morgan fingerprint density at radius 2 is 0.963 bits per heavy atom. The molecule has 0 bridgehead atoms. The number of benzene rings is 3. The fourth-order valence-corrected chi connectivity index (χ4v) is 4.16. The molecule has 3 aromatic carbocycles. The first-order chi connectivity index (χ1) is 12.9. The van der Waals surface area contributed by atoms with Crippen LogP contribution in [0.15, 0.2) is 42.5 Å². The van der Waals surface area contributed by atoms with Gasteiger partial charge in [0.05, 0.1) is 0 Å². The van der Waals surface area contributed by atoms with E-state index >= 15 is 0 Å². The summed E-state index contributed by atoms with van der Waals surface area (Å²) in [7, 11) is 3.47. The summed E-state index contributed by atoms with van der Waals surface area (Å²) in [6, 6.07) is 15.0. The second-order valence-corrected chi connectivity index (χ2v) is 7.20. The maximum atomic E-state index is 5.85. The molecular formula is C24H25LiO2. The number of methoxy groups -OCH3 is 2. The van der Waals surface area contributed by atoms with E-state index in [2.05, 4.69) is 87.9 Å². The van der Waals surface area contributed by atoms with E-state index in [1.807, 2.05) is 0 Å². The molecule has 0 heterocycles. The molecule has 134 valence electrons. The van der Waals surface area contributed by atoms with Crippen molar-refractivity contribution in [3.8, 4) is 33.8 Å². The minimum atomic E-state index is 0.874. The van der Waals surface area contributed by atoms with Crippen LogP contribution < -0.4 is 13.7 Å². The zero-order chi connectivity index (χ0) is 19.7. The van der Waals surface area contributed by atoms with E-state index in [0.29, 0.717) is 0 Å². The molecule has 0 aliphatic rings. The van der Waals surface area contributed by atoms with Crippen molar-refractivity contribution < 1.29 is 9.47 Å². The summed E-state index contributed by atoms with van der Waals surface area (Å²) in [6.45, 7) is 8.61. The summed E-state index contributed by atoms with van der Waals surface area (Å²) < 4.78 is 12.7. The van der Waals surface area contributed by atoms with E-state index in [9.17, 15) is 0 Å². The van der Waals surface area contributed by atoms with Crippen LogP contribution in [-0.2, 0) is 0 Å². The summed E-state index contributed by atoms with van der Waals surface area (Å²) in [5.74, 6) is 1.75. The fourth-order valence-electron chi connectivity index (χ4n) is 4.16. The van der Waals surface area contributed by atoms with Crippen LogP contribution in [0.5, 0.6) is 11.5 Å². The molecule has 0 spiro atoms. The van der Waals surface area contributed by atoms with Gasteiger partial charge in [-0.05, 0) is 0 Å². The van der Waals surface area contributed by atoms with Crippen LogP contribution in [0.1, 0.15) is 22.3 Å². The fraction of sp³-hybridized carbons (Fsp3) is 0.250. The Balaban J connectivity index is 2.45. The van der Waals surface area contributed by atoms with Gasteiger partial charge in [-0.1, -0.05) is 0 Å². The summed E-state index contributed by atoms with van der Waals surface area (Å²) >= 11 is 2.08. The summed E-state index contributed by atoms with van der Waals surface area (Å²) in [6.07, 6.45) is 0. The third-order valence-corrected chi connectivity index (χ3v) is 5.37. The molecule has 0 aliphatic carbocycles. The number of hydrogen-bond donors (Lipinski definition) is 0. The van der Waals surface area contributed by atoms with Crippen molar-refractivity contribution in [1.29, 1.82) is 0 Å². The van der Waals surface area contributed by atoms with Crippen LogP contribution in [0.3, 0.4) is 0 Å². The van der Waals surface area contributed by atoms with E-state index in [0.717, 1.165) is 26.9 Å². The Morgan fingerprint density at radius 1 is 0.630 bits per heavy atom. The molecule has 3 heteroatoms. The van der Waals surface area contributed by atoms with Crippen molar-refractivity contribution >= 4 is 22.0 Å². The SMILES string of the molecule is [Li][c]1c(OC)c(-c2c(C)cccc2C)cc(-c2c(C)cccc2C)c1OC. The number of aryl methyl sites for hydroxylation is 4. The predicted octanol–water partition coefficient (Wildman–Crippen LogP) is 5.07. The molecule has 0 unspecified atom stereocenters. The molecule has 0 saturated carbocycles. The van der Waals surface area contributed by atoms with Gasteiger partial charge in [0.25, 0.3) is 0 Å². The molecule has 3 aromatic rings. The van der Waals surface area contributed by atoms with Crippen LogP contribution >= 0.6 is 0 Å². The molecular weight excluding hydrogens is 327 g/mol. The standard InChI is InChI=1S/C24H25O2.Li/c1-15-9-7-10-16(2)23(15)19-13-20(22(26-6)14-21(19)25-5)24-17(3)11-8-12-18(24)4;/h7-13H,1-6H3;. The molecule has 2 nitrogen and oxygen atoms in total. The summed E-state index contributed by atoms with van der Waals surface area (Å²) in [5, 5.41) is 0. The minimum absolute atomic E-state index is 0.874. The van der Waals surface area contributed by atoms with Gasteiger partial charge in [-0.3, -0.25) is 0 Å². The van der Waals surface area contributed by atoms with Crippen molar-refractivity contribution in [2.45, 2.75) is 27.7 Å². The van der Waals surface area contributed by atoms with Gasteiger partial charge >= 0.3 is 172 Å². The zero-order valence-electron chi connectivity index (χ0n) is 17.4. The van der Waals surface area contributed by atoms with E-state index in [1.54, 1.807) is 14.2 Å². The topological polar surface area (TPSA) is 18.5 Å². The van der Waals surface area contributed by atoms with Gasteiger partial charge in [0.2, 0.25) is 0 Å². The van der Waals surface area contributed by atoms with Gasteiger partial charge in [0.1, 0.15) is 0 Å². The first kappa shape index (κ1) is 19.6. The Bertz CT molecular complexity index is 887. The monoisotopic (exact) mass is 352 g/mol. The number of ether oxygens (including phenoxy) is 2. The van der Waals surface area contributed by atoms with Crippen molar-refractivity contribution in [3.63, 3.8) is 0 Å². The van der Waals surface area contributed by atoms with Gasteiger partial charge in [-0.15, -0.1) is 0 Å². The van der Waals surface area contributed by atoms with Gasteiger partial charge in [-0.25, -0.2) is 0 Å². The Morgan fingerprint density at radius 3 is 1.26 bits per heavy atom. The van der Waals surface area contributed by atoms with E-state index in [1.165, 1.54) is 33.4 Å². The Kier molecular flexibility index (Phi) is 5.70. The van der Waals surface area contributed by atoms with Gasteiger partial charge in [-0.2, -0.15) is 0 Å². The van der Waals surface area contributed by atoms with Gasteiger partial charge in [0, 0.05) is 0 Å².